The third kappa shape index (κ3) is 4.07. The van der Waals surface area contributed by atoms with E-state index in [2.05, 4.69) is 15.4 Å². The first-order chi connectivity index (χ1) is 13.5. The zero-order valence-corrected chi connectivity index (χ0v) is 17.1. The lowest BCUT2D eigenvalue weighted by molar-refractivity contribution is -0.118. The lowest BCUT2D eigenvalue weighted by atomic mass is 10.2. The third-order valence-electron chi connectivity index (χ3n) is 3.72. The Morgan fingerprint density at radius 2 is 1.86 bits per heavy atom. The van der Waals surface area contributed by atoms with Crippen molar-refractivity contribution < 1.29 is 9.53 Å². The molecule has 4 aromatic rings. The molecule has 1 N–H and O–H groups in total. The quantitative estimate of drug-likeness (QED) is 0.437. The summed E-state index contributed by atoms with van der Waals surface area (Å²) in [6, 6.07) is 12.0. The Kier molecular flexibility index (Phi) is 5.41. The van der Waals surface area contributed by atoms with Crippen molar-refractivity contribution in [2.24, 2.45) is 0 Å². The summed E-state index contributed by atoms with van der Waals surface area (Å²) in [7, 11) is 0. The molecule has 0 aliphatic rings. The van der Waals surface area contributed by atoms with Crippen LogP contribution in [0, 0.1) is 0 Å². The number of nitrogens with one attached hydrogen (secondary N) is 1. The second kappa shape index (κ2) is 7.97. The Hall–Kier alpha value is -2.32. The summed E-state index contributed by atoms with van der Waals surface area (Å²) in [6.45, 7) is -0.176. The van der Waals surface area contributed by atoms with Crippen LogP contribution in [0.25, 0.3) is 16.2 Å². The van der Waals surface area contributed by atoms with Crippen LogP contribution in [0.2, 0.25) is 15.1 Å². The van der Waals surface area contributed by atoms with Gasteiger partial charge in [-0.2, -0.15) is 4.98 Å². The molecule has 0 saturated carbocycles. The molecule has 1 amide bonds. The maximum Gasteiger partial charge on any atom is 0.264 e. The van der Waals surface area contributed by atoms with Gasteiger partial charge in [0.05, 0.1) is 10.7 Å². The highest BCUT2D eigenvalue weighted by Crippen LogP contribution is 2.33. The number of thiazole rings is 1. The van der Waals surface area contributed by atoms with Crippen LogP contribution in [-0.4, -0.2) is 27.1 Å². The summed E-state index contributed by atoms with van der Waals surface area (Å²) in [5.41, 5.74) is 1.53. The van der Waals surface area contributed by atoms with E-state index in [1.54, 1.807) is 40.9 Å². The van der Waals surface area contributed by atoms with Gasteiger partial charge in [0.2, 0.25) is 4.96 Å². The molecule has 6 nitrogen and oxygen atoms in total. The number of rotatable bonds is 5. The summed E-state index contributed by atoms with van der Waals surface area (Å²) in [6.07, 6.45) is 0. The van der Waals surface area contributed by atoms with Gasteiger partial charge in [0.15, 0.2) is 6.61 Å². The molecular formula is C18H11Cl3N4O2S. The Balaban J connectivity index is 1.48. The van der Waals surface area contributed by atoms with E-state index >= 15 is 0 Å². The number of carbonyl (C=O) groups excluding carboxylic acids is 1. The smallest absolute Gasteiger partial charge is 0.264 e. The predicted molar refractivity (Wildman–Crippen MR) is 112 cm³/mol. The van der Waals surface area contributed by atoms with Crippen molar-refractivity contribution in [2.45, 2.75) is 0 Å². The van der Waals surface area contributed by atoms with Gasteiger partial charge >= 0.3 is 0 Å². The Bertz CT molecular complexity index is 1160. The maximum absolute atomic E-state index is 12.1. The van der Waals surface area contributed by atoms with Crippen LogP contribution >= 0.6 is 46.1 Å². The van der Waals surface area contributed by atoms with Crippen LogP contribution in [0.1, 0.15) is 0 Å². The van der Waals surface area contributed by atoms with E-state index in [0.29, 0.717) is 25.8 Å². The summed E-state index contributed by atoms with van der Waals surface area (Å²) < 4.78 is 7.03. The van der Waals surface area contributed by atoms with Crippen LogP contribution in [-0.2, 0) is 4.79 Å². The molecule has 0 unspecified atom stereocenters. The van der Waals surface area contributed by atoms with Gasteiger partial charge in [0, 0.05) is 21.0 Å². The highest BCUT2D eigenvalue weighted by Gasteiger charge is 2.15. The first kappa shape index (κ1) is 19.0. The largest absolute Gasteiger partial charge is 0.484 e. The molecule has 28 heavy (non-hydrogen) atoms. The summed E-state index contributed by atoms with van der Waals surface area (Å²) in [5.74, 6) is 0.347. The number of anilines is 1. The van der Waals surface area contributed by atoms with Gasteiger partial charge in [-0.1, -0.05) is 34.8 Å². The highest BCUT2D eigenvalue weighted by molar-refractivity contribution is 7.15. The van der Waals surface area contributed by atoms with Gasteiger partial charge in [0.25, 0.3) is 11.9 Å². The van der Waals surface area contributed by atoms with Crippen LogP contribution < -0.4 is 10.1 Å². The molecule has 10 heteroatoms. The molecule has 0 saturated heterocycles. The molecule has 0 bridgehead atoms. The minimum Gasteiger partial charge on any atom is -0.484 e. The number of aromatic nitrogens is 3. The van der Waals surface area contributed by atoms with Crippen molar-refractivity contribution in [3.8, 4) is 17.0 Å². The molecule has 142 valence electrons. The van der Waals surface area contributed by atoms with Gasteiger partial charge in [-0.25, -0.2) is 4.52 Å². The minimum atomic E-state index is -0.376. The summed E-state index contributed by atoms with van der Waals surface area (Å²) in [4.78, 5) is 17.0. The molecule has 0 spiro atoms. The average Bonchev–Trinajstić information content (AvgIpc) is 3.22. The third-order valence-corrected chi connectivity index (χ3v) is 5.34. The van der Waals surface area contributed by atoms with E-state index in [1.807, 2.05) is 11.4 Å². The molecule has 0 atom stereocenters. The molecular weight excluding hydrogens is 443 g/mol. The molecule has 2 aromatic heterocycles. The Morgan fingerprint density at radius 3 is 2.61 bits per heavy atom. The number of benzene rings is 2. The Labute approximate surface area is 178 Å². The number of ether oxygens (including phenoxy) is 1. The van der Waals surface area contributed by atoms with E-state index in [1.165, 1.54) is 11.3 Å². The van der Waals surface area contributed by atoms with Crippen LogP contribution in [0.3, 0.4) is 0 Å². The molecule has 4 rings (SSSR count). The van der Waals surface area contributed by atoms with Gasteiger partial charge < -0.3 is 4.74 Å². The Morgan fingerprint density at radius 1 is 1.11 bits per heavy atom. The van der Waals surface area contributed by atoms with Crippen molar-refractivity contribution in [3.05, 3.63) is 62.9 Å². The van der Waals surface area contributed by atoms with Crippen LogP contribution in [0.15, 0.2) is 47.8 Å². The molecule has 0 fully saturated rings. The standard InChI is InChI=1S/C18H11Cl3N4O2S/c19-10-1-4-12(5-2-10)27-8-16(26)22-17-23-18-25(24-17)15(9-28-18)13-6-3-11(20)7-14(13)21/h1-7,9H,8H2,(H,22,24,26). The lowest BCUT2D eigenvalue weighted by Gasteiger charge is -2.05. The van der Waals surface area contributed by atoms with Gasteiger partial charge in [-0.3, -0.25) is 10.1 Å². The number of amides is 1. The second-order valence-electron chi connectivity index (χ2n) is 5.67. The molecule has 0 radical (unpaired) electrons. The molecule has 0 aliphatic carbocycles. The predicted octanol–water partition coefficient (Wildman–Crippen LogP) is 5.44. The lowest BCUT2D eigenvalue weighted by Crippen LogP contribution is -2.20. The first-order valence-electron chi connectivity index (χ1n) is 7.97. The van der Waals surface area contributed by atoms with E-state index in [9.17, 15) is 4.79 Å². The maximum atomic E-state index is 12.1. The van der Waals surface area contributed by atoms with Gasteiger partial charge in [-0.15, -0.1) is 16.4 Å². The number of nitrogens with zero attached hydrogens (tertiary/aromatic N) is 3. The van der Waals surface area contributed by atoms with E-state index in [-0.39, 0.29) is 18.5 Å². The van der Waals surface area contributed by atoms with Gasteiger partial charge in [0.1, 0.15) is 5.75 Å². The summed E-state index contributed by atoms with van der Waals surface area (Å²) in [5, 5.41) is 10.5. The van der Waals surface area contributed by atoms with Crippen molar-refractivity contribution in [1.29, 1.82) is 0 Å². The zero-order chi connectivity index (χ0) is 19.7. The number of hydrogen-bond acceptors (Lipinski definition) is 5. The summed E-state index contributed by atoms with van der Waals surface area (Å²) >= 11 is 19.4. The molecule has 2 aromatic carbocycles. The first-order valence-corrected chi connectivity index (χ1v) is 9.99. The molecule has 2 heterocycles. The van der Waals surface area contributed by atoms with Gasteiger partial charge in [-0.05, 0) is 42.5 Å². The fourth-order valence-electron chi connectivity index (χ4n) is 2.46. The minimum absolute atomic E-state index is 0.176. The zero-order valence-electron chi connectivity index (χ0n) is 14.0. The van der Waals surface area contributed by atoms with E-state index < -0.39 is 0 Å². The topological polar surface area (TPSA) is 68.5 Å². The number of carbonyl (C=O) groups is 1. The highest BCUT2D eigenvalue weighted by atomic mass is 35.5. The average molecular weight is 454 g/mol. The second-order valence-corrected chi connectivity index (χ2v) is 7.78. The fourth-order valence-corrected chi connectivity index (χ4v) is 3.91. The number of fused-ring (bicyclic) bond motifs is 1. The van der Waals surface area contributed by atoms with Crippen molar-refractivity contribution >= 4 is 63.0 Å². The van der Waals surface area contributed by atoms with E-state index in [4.69, 9.17) is 39.5 Å². The van der Waals surface area contributed by atoms with Crippen LogP contribution in [0.4, 0.5) is 5.95 Å². The number of halogens is 3. The van der Waals surface area contributed by atoms with Crippen molar-refractivity contribution in [3.63, 3.8) is 0 Å². The monoisotopic (exact) mass is 452 g/mol. The molecule has 0 aliphatic heterocycles. The van der Waals surface area contributed by atoms with E-state index in [0.717, 1.165) is 11.3 Å². The fraction of sp³-hybridized carbons (Fsp3) is 0.0556. The normalized spacial score (nSPS) is 11.0. The van der Waals surface area contributed by atoms with Crippen molar-refractivity contribution in [1.82, 2.24) is 14.6 Å². The van der Waals surface area contributed by atoms with Crippen LogP contribution in [0.5, 0.6) is 5.75 Å². The SMILES string of the molecule is O=C(COc1ccc(Cl)cc1)Nc1nc2scc(-c3ccc(Cl)cc3Cl)n2n1. The van der Waals surface area contributed by atoms with Crippen molar-refractivity contribution in [2.75, 3.05) is 11.9 Å². The number of hydrogen-bond donors (Lipinski definition) is 1.